The fourth-order valence-electron chi connectivity index (χ4n) is 3.41. The molecular weight excluding hydrogens is 552 g/mol. The van der Waals surface area contributed by atoms with E-state index < -0.39 is 97.8 Å². The number of hydrogen-bond acceptors (Lipinski definition) is 20. The summed E-state index contributed by atoms with van der Waals surface area (Å²) in [6.07, 6.45) is -10.3. The third-order valence-corrected chi connectivity index (χ3v) is 4.94. The third kappa shape index (κ3) is 3.13. The molecule has 30 nitrogen and oxygen atoms in total. The van der Waals surface area contributed by atoms with E-state index in [1.165, 1.54) is 0 Å². The number of rotatable bonds is 10. The molecule has 0 aromatic rings. The molecule has 3 aliphatic rings. The minimum atomic E-state index is -4.75. The van der Waals surface area contributed by atoms with Crippen molar-refractivity contribution in [1.82, 2.24) is 10.0 Å². The van der Waals surface area contributed by atoms with Gasteiger partial charge in [0.2, 0.25) is 24.9 Å². The molecule has 0 aromatic carbocycles. The molecule has 0 spiro atoms. The average Bonchev–Trinajstić information content (AvgIpc) is 3.29. The summed E-state index contributed by atoms with van der Waals surface area (Å²) < 4.78 is 9.79. The quantitative estimate of drug-likeness (QED) is 0.141. The first-order chi connectivity index (χ1) is 17.5. The van der Waals surface area contributed by atoms with E-state index in [2.05, 4.69) is 9.98 Å². The van der Waals surface area contributed by atoms with E-state index in [9.17, 15) is 80.9 Å². The maximum Gasteiger partial charge on any atom is 0.766 e. The molecule has 3 rings (SSSR count). The van der Waals surface area contributed by atoms with E-state index >= 15 is 0 Å². The van der Waals surface area contributed by atoms with Gasteiger partial charge in [0.1, 0.15) is 0 Å². The monoisotopic (exact) mass is 556 g/mol. The Morgan fingerprint density at radius 3 is 0.947 bits per heavy atom. The van der Waals surface area contributed by atoms with E-state index in [0.29, 0.717) is 0 Å². The van der Waals surface area contributed by atoms with Crippen molar-refractivity contribution in [3.63, 3.8) is 0 Å². The van der Waals surface area contributed by atoms with Gasteiger partial charge in [0.15, 0.2) is 39.6 Å². The van der Waals surface area contributed by atoms with Gasteiger partial charge in [-0.3, -0.25) is 60.7 Å². The van der Waals surface area contributed by atoms with Crippen LogP contribution in [-0.2, 0) is 9.47 Å². The van der Waals surface area contributed by atoms with Crippen LogP contribution in [0.3, 0.4) is 0 Å². The zero-order valence-electron chi connectivity index (χ0n) is 17.0. The highest BCUT2D eigenvalue weighted by Crippen LogP contribution is 2.38. The number of nitrogens with zero attached hydrogens (tertiary/aromatic N) is 12. The fraction of sp³-hybridized carbons (Fsp3) is 0.750. The van der Waals surface area contributed by atoms with Gasteiger partial charge in [-0.05, 0) is 10.0 Å². The van der Waals surface area contributed by atoms with Gasteiger partial charge in [-0.15, -0.1) is 0 Å². The summed E-state index contributed by atoms with van der Waals surface area (Å²) in [6, 6.07) is 0. The summed E-state index contributed by atoms with van der Waals surface area (Å²) in [5.41, 5.74) is 0. The van der Waals surface area contributed by atoms with Crippen LogP contribution in [0, 0.1) is 80.9 Å². The molecule has 1 saturated heterocycles. The standard InChI is InChI=1S/C8H4N12O18/c21-13(22)7(14(23)24,15(25)26)5-9-1-3(11(5)19(33)34)38-2-4(37-1)12(20(35)36)6(10-2)8(16(27)28,17(29)30)18(31)32/h1-4H. The highest BCUT2D eigenvalue weighted by molar-refractivity contribution is 5.89. The predicted molar refractivity (Wildman–Crippen MR) is 97.3 cm³/mol. The maximum atomic E-state index is 11.6. The van der Waals surface area contributed by atoms with Crippen molar-refractivity contribution < 1.29 is 49.1 Å². The first-order valence-corrected chi connectivity index (χ1v) is 8.70. The van der Waals surface area contributed by atoms with Crippen molar-refractivity contribution in [2.24, 2.45) is 9.98 Å². The number of nitro groups is 8. The van der Waals surface area contributed by atoms with Crippen LogP contribution < -0.4 is 0 Å². The van der Waals surface area contributed by atoms with Crippen molar-refractivity contribution in [2.45, 2.75) is 36.5 Å². The summed E-state index contributed by atoms with van der Waals surface area (Å²) >= 11 is 0. The number of amidine groups is 2. The first-order valence-electron chi connectivity index (χ1n) is 8.70. The van der Waals surface area contributed by atoms with E-state index in [-0.39, 0.29) is 0 Å². The van der Waals surface area contributed by atoms with Gasteiger partial charge in [0.25, 0.3) is 0 Å². The van der Waals surface area contributed by atoms with Gasteiger partial charge < -0.3 is 9.47 Å². The molecule has 0 aliphatic carbocycles. The first kappa shape index (κ1) is 26.7. The molecule has 0 radical (unpaired) electrons. The smallest absolute Gasteiger partial charge is 0.318 e. The van der Waals surface area contributed by atoms with Gasteiger partial charge in [0.05, 0.1) is 0 Å². The Morgan fingerprint density at radius 2 is 0.763 bits per heavy atom. The molecule has 4 unspecified atom stereocenters. The van der Waals surface area contributed by atoms with Crippen molar-refractivity contribution in [3.8, 4) is 0 Å². The second-order valence-corrected chi connectivity index (χ2v) is 6.72. The lowest BCUT2D eigenvalue weighted by Crippen LogP contribution is -2.67. The summed E-state index contributed by atoms with van der Waals surface area (Å²) in [4.78, 5) is 84.2. The molecule has 0 amide bonds. The van der Waals surface area contributed by atoms with Gasteiger partial charge >= 0.3 is 23.2 Å². The fourth-order valence-corrected chi connectivity index (χ4v) is 3.41. The van der Waals surface area contributed by atoms with Crippen molar-refractivity contribution >= 4 is 11.7 Å². The zero-order chi connectivity index (χ0) is 29.1. The minimum Gasteiger partial charge on any atom is -0.318 e. The largest absolute Gasteiger partial charge is 0.766 e. The van der Waals surface area contributed by atoms with Crippen molar-refractivity contribution in [1.29, 1.82) is 0 Å². The normalized spacial score (nSPS) is 24.4. The van der Waals surface area contributed by atoms with Crippen LogP contribution in [-0.4, -0.2) is 97.8 Å². The van der Waals surface area contributed by atoms with Crippen LogP contribution >= 0.6 is 0 Å². The molecule has 204 valence electrons. The summed E-state index contributed by atoms with van der Waals surface area (Å²) in [5, 5.41) is 86.2. The van der Waals surface area contributed by atoms with E-state index in [4.69, 9.17) is 9.47 Å². The van der Waals surface area contributed by atoms with Crippen LogP contribution in [0.2, 0.25) is 0 Å². The highest BCUT2D eigenvalue weighted by Gasteiger charge is 2.85. The minimum absolute atomic E-state index is 0.749. The van der Waals surface area contributed by atoms with E-state index in [0.717, 1.165) is 0 Å². The molecule has 1 fully saturated rings. The number of aliphatic imine (C=N–C) groups is 2. The Balaban J connectivity index is 2.19. The molecule has 0 bridgehead atoms. The second kappa shape index (κ2) is 8.33. The number of ether oxygens (including phenoxy) is 2. The van der Waals surface area contributed by atoms with Gasteiger partial charge in [-0.1, -0.05) is 0 Å². The third-order valence-electron chi connectivity index (χ3n) is 4.94. The predicted octanol–water partition coefficient (Wildman–Crippen LogP) is -3.88. The average molecular weight is 556 g/mol. The molecular formula is C8H4N12O18. The Hall–Kier alpha value is -5.94. The lowest BCUT2D eigenvalue weighted by molar-refractivity contribution is -0.948. The van der Waals surface area contributed by atoms with Crippen LogP contribution in [0.1, 0.15) is 0 Å². The molecule has 4 atom stereocenters. The lowest BCUT2D eigenvalue weighted by Gasteiger charge is -2.32. The summed E-state index contributed by atoms with van der Waals surface area (Å²) in [6.45, 7) is 0. The molecule has 0 aromatic heterocycles. The zero-order valence-corrected chi connectivity index (χ0v) is 17.0. The second-order valence-electron chi connectivity index (χ2n) is 6.72. The van der Waals surface area contributed by atoms with Gasteiger partial charge in [0, 0.05) is 0 Å². The van der Waals surface area contributed by atoms with Crippen LogP contribution in [0.4, 0.5) is 0 Å². The van der Waals surface area contributed by atoms with Crippen LogP contribution in [0.15, 0.2) is 9.98 Å². The maximum absolute atomic E-state index is 11.6. The number of fused-ring (bicyclic) bond motifs is 2. The molecule has 30 heteroatoms. The molecule has 3 aliphatic heterocycles. The summed E-state index contributed by atoms with van der Waals surface area (Å²) in [7, 11) is 0. The molecule has 3 heterocycles. The molecule has 0 saturated carbocycles. The van der Waals surface area contributed by atoms with E-state index in [1.807, 2.05) is 0 Å². The van der Waals surface area contributed by atoms with Crippen LogP contribution in [0.5, 0.6) is 0 Å². The van der Waals surface area contributed by atoms with Gasteiger partial charge in [-0.25, -0.2) is 30.2 Å². The van der Waals surface area contributed by atoms with Crippen molar-refractivity contribution in [3.05, 3.63) is 80.9 Å². The molecule has 38 heavy (non-hydrogen) atoms. The van der Waals surface area contributed by atoms with Crippen molar-refractivity contribution in [2.75, 3.05) is 0 Å². The topological polar surface area (TPSA) is 395 Å². The van der Waals surface area contributed by atoms with Crippen LogP contribution in [0.25, 0.3) is 0 Å². The number of hydrogen-bond donors (Lipinski definition) is 0. The Kier molecular flexibility index (Phi) is 5.84. The Bertz CT molecular complexity index is 1110. The van der Waals surface area contributed by atoms with Gasteiger partial charge in [-0.2, -0.15) is 0 Å². The lowest BCUT2D eigenvalue weighted by atomic mass is 10.3. The summed E-state index contributed by atoms with van der Waals surface area (Å²) in [5.74, 6) is -13.8. The van der Waals surface area contributed by atoms with E-state index in [1.54, 1.807) is 0 Å². The Morgan fingerprint density at radius 1 is 0.526 bits per heavy atom. The molecule has 0 N–H and O–H groups in total. The Labute approximate surface area is 199 Å². The highest BCUT2D eigenvalue weighted by atomic mass is 16.8. The number of hydrazine groups is 2. The SMILES string of the molecule is O=[N+]([O-])N1C(C([N+](=O)[O-])([N+](=O)[O-])[N+](=O)[O-])=NC2OC3C(N=C(C([N+](=O)[O-])([N+](=O)[O-])[N+](=O)[O-])N3[N+](=O)[O-])OC21.